The van der Waals surface area contributed by atoms with E-state index in [9.17, 15) is 0 Å². The molecule has 0 aliphatic carbocycles. The first-order chi connectivity index (χ1) is 3.46. The largest absolute Gasteiger partial charge is 3.00 e. The quantitative estimate of drug-likeness (QED) is 0.409. The van der Waals surface area contributed by atoms with Gasteiger partial charge in [-0.2, -0.15) is 0 Å². The SMILES string of the molecule is O=[Si]([O-])[O-].O=[Si]([O-])[O-].[Ce+3]. The van der Waals surface area contributed by atoms with Crippen molar-refractivity contribution in [3.05, 3.63) is 0 Å². The molecule has 9 heavy (non-hydrogen) atoms. The molecular weight excluding hydrogens is 292 g/mol. The third-order valence-electron chi connectivity index (χ3n) is 0. The molecule has 0 N–H and O–H groups in total. The standard InChI is InChI=1S/Ce.2O3Si/c;2*1-4(2)3/q+3;2*-2. The van der Waals surface area contributed by atoms with E-state index in [1.165, 1.54) is 0 Å². The predicted octanol–water partition coefficient (Wildman–Crippen LogP) is -5.76. The number of rotatable bonds is 0. The van der Waals surface area contributed by atoms with E-state index in [2.05, 4.69) is 0 Å². The van der Waals surface area contributed by atoms with E-state index >= 15 is 0 Å². The van der Waals surface area contributed by atoms with Crippen LogP contribution >= 0.6 is 0 Å². The summed E-state index contributed by atoms with van der Waals surface area (Å²) in [6, 6.07) is 0. The topological polar surface area (TPSA) is 126 Å². The molecule has 0 aliphatic heterocycles. The molecule has 0 aromatic rings. The van der Waals surface area contributed by atoms with Gasteiger partial charge >= 0.3 is 41.7 Å². The Morgan fingerprint density at radius 2 is 0.778 bits per heavy atom. The van der Waals surface area contributed by atoms with E-state index in [4.69, 9.17) is 28.1 Å². The van der Waals surface area contributed by atoms with Crippen LogP contribution in [-0.4, -0.2) is 18.3 Å². The molecule has 0 unspecified atom stereocenters. The Labute approximate surface area is 87.3 Å². The molecular formula is CeO6Si2-. The summed E-state index contributed by atoms with van der Waals surface area (Å²) in [5.41, 5.74) is 0. The van der Waals surface area contributed by atoms with Crippen molar-refractivity contribution < 1.29 is 69.9 Å². The van der Waals surface area contributed by atoms with Crippen molar-refractivity contribution in [2.24, 2.45) is 0 Å². The van der Waals surface area contributed by atoms with Crippen LogP contribution in [0, 0.1) is 41.7 Å². The van der Waals surface area contributed by atoms with Gasteiger partial charge in [0, 0.05) is 18.3 Å². The van der Waals surface area contributed by atoms with E-state index in [-0.39, 0.29) is 41.7 Å². The zero-order valence-corrected chi connectivity index (χ0v) is 9.09. The van der Waals surface area contributed by atoms with Gasteiger partial charge in [-0.05, 0) is 0 Å². The van der Waals surface area contributed by atoms with Crippen LogP contribution in [0.5, 0.6) is 0 Å². The predicted molar refractivity (Wildman–Crippen MR) is 12.9 cm³/mol. The second kappa shape index (κ2) is 11.4. The fraction of sp³-hybridized carbons (Fsp3) is 0. The van der Waals surface area contributed by atoms with Gasteiger partial charge in [-0.25, -0.2) is 0 Å². The van der Waals surface area contributed by atoms with Gasteiger partial charge in [0.05, 0.1) is 0 Å². The Kier molecular flexibility index (Phi) is 20.7. The maximum absolute atomic E-state index is 8.52. The second-order valence-electron chi connectivity index (χ2n) is 0.500. The van der Waals surface area contributed by atoms with Gasteiger partial charge in [0.15, 0.2) is 0 Å². The summed E-state index contributed by atoms with van der Waals surface area (Å²) in [7, 11) is -7.26. The minimum Gasteiger partial charge on any atom is -0.672 e. The van der Waals surface area contributed by atoms with E-state index in [0.717, 1.165) is 0 Å². The van der Waals surface area contributed by atoms with Crippen LogP contribution in [-0.2, 0) is 8.92 Å². The first-order valence-electron chi connectivity index (χ1n) is 1.22. The van der Waals surface area contributed by atoms with E-state index in [1.54, 1.807) is 0 Å². The monoisotopic (exact) mass is 292 g/mol. The van der Waals surface area contributed by atoms with Crippen molar-refractivity contribution in [2.45, 2.75) is 0 Å². The first-order valence-corrected chi connectivity index (χ1v) is 3.67. The maximum Gasteiger partial charge on any atom is 3.00 e. The van der Waals surface area contributed by atoms with Crippen molar-refractivity contribution >= 4 is 18.3 Å². The van der Waals surface area contributed by atoms with Crippen LogP contribution in [0.15, 0.2) is 0 Å². The zero-order valence-electron chi connectivity index (χ0n) is 3.95. The van der Waals surface area contributed by atoms with Gasteiger partial charge in [0.2, 0.25) is 0 Å². The Bertz CT molecular complexity index is 69.1. The van der Waals surface area contributed by atoms with E-state index in [1.807, 2.05) is 0 Å². The molecule has 0 heterocycles. The molecule has 0 amide bonds. The average molecular weight is 292 g/mol. The smallest absolute Gasteiger partial charge is 0.672 e. The minimum atomic E-state index is -3.63. The molecule has 0 atom stereocenters. The molecule has 6 nitrogen and oxygen atoms in total. The summed E-state index contributed by atoms with van der Waals surface area (Å²) < 4.78 is 17.0. The van der Waals surface area contributed by atoms with Crippen LogP contribution in [0.2, 0.25) is 0 Å². The third-order valence-corrected chi connectivity index (χ3v) is 0. The molecule has 0 rings (SSSR count). The number of hydrogen-bond acceptors (Lipinski definition) is 6. The normalized spacial score (nSPS) is 5.33. The zero-order chi connectivity index (χ0) is 7.15. The Hall–Kier alpha value is 0.610. The summed E-state index contributed by atoms with van der Waals surface area (Å²) in [6.07, 6.45) is 0. The molecule has 0 saturated carbocycles. The Balaban J connectivity index is -0.0000000720. The first kappa shape index (κ1) is 16.3. The van der Waals surface area contributed by atoms with Gasteiger partial charge in [0.25, 0.3) is 0 Å². The third kappa shape index (κ3) is 1010. The molecule has 0 aliphatic rings. The van der Waals surface area contributed by atoms with Crippen molar-refractivity contribution in [2.75, 3.05) is 0 Å². The van der Waals surface area contributed by atoms with Crippen LogP contribution < -0.4 is 19.2 Å². The van der Waals surface area contributed by atoms with Crippen molar-refractivity contribution in [3.63, 3.8) is 0 Å². The summed E-state index contributed by atoms with van der Waals surface area (Å²) in [4.78, 5) is 34.1. The van der Waals surface area contributed by atoms with Gasteiger partial charge in [-0.1, -0.05) is 0 Å². The van der Waals surface area contributed by atoms with Crippen molar-refractivity contribution in [3.8, 4) is 0 Å². The fourth-order valence-corrected chi connectivity index (χ4v) is 0. The van der Waals surface area contributed by atoms with Gasteiger partial charge in [-0.3, -0.25) is 0 Å². The van der Waals surface area contributed by atoms with Gasteiger partial charge in [0.1, 0.15) is 0 Å². The fourth-order valence-electron chi connectivity index (χ4n) is 0. The molecule has 0 aromatic carbocycles. The summed E-state index contributed by atoms with van der Waals surface area (Å²) in [6.45, 7) is 0. The van der Waals surface area contributed by atoms with Crippen LogP contribution in [0.4, 0.5) is 0 Å². The molecule has 0 fully saturated rings. The Morgan fingerprint density at radius 1 is 0.778 bits per heavy atom. The summed E-state index contributed by atoms with van der Waals surface area (Å²) in [5, 5.41) is 0. The molecule has 0 saturated heterocycles. The summed E-state index contributed by atoms with van der Waals surface area (Å²) >= 11 is 0. The molecule has 1 radical (unpaired) electrons. The second-order valence-corrected chi connectivity index (χ2v) is 1.50. The number of hydrogen-bond donors (Lipinski definition) is 0. The minimum absolute atomic E-state index is 0. The molecule has 9 heteroatoms. The Morgan fingerprint density at radius 3 is 0.778 bits per heavy atom. The van der Waals surface area contributed by atoms with Crippen molar-refractivity contribution in [1.82, 2.24) is 0 Å². The summed E-state index contributed by atoms with van der Waals surface area (Å²) in [5.74, 6) is 0. The molecule has 49 valence electrons. The molecule has 0 bridgehead atoms. The van der Waals surface area contributed by atoms with Crippen LogP contribution in [0.1, 0.15) is 0 Å². The van der Waals surface area contributed by atoms with E-state index in [0.29, 0.717) is 0 Å². The van der Waals surface area contributed by atoms with E-state index < -0.39 is 18.3 Å². The maximum atomic E-state index is 8.52. The molecule has 0 aromatic heterocycles. The van der Waals surface area contributed by atoms with Crippen LogP contribution in [0.25, 0.3) is 0 Å². The van der Waals surface area contributed by atoms with Crippen LogP contribution in [0.3, 0.4) is 0 Å². The van der Waals surface area contributed by atoms with Gasteiger partial charge in [-0.15, -0.1) is 0 Å². The molecule has 0 spiro atoms. The van der Waals surface area contributed by atoms with Crippen molar-refractivity contribution in [1.29, 1.82) is 0 Å². The average Bonchev–Trinajstić information content (AvgIpc) is 1.25. The van der Waals surface area contributed by atoms with Gasteiger partial charge < -0.3 is 28.1 Å².